The minimum Gasteiger partial charge on any atom is -0.481 e. The zero-order valence-electron chi connectivity index (χ0n) is 25.3. The predicted octanol–water partition coefficient (Wildman–Crippen LogP) is 8.31. The molecule has 0 amide bonds. The van der Waals surface area contributed by atoms with Gasteiger partial charge < -0.3 is 15.2 Å². The standard InChI is InChI=1S/C34H29F7N2O4S/c1-19-23(17-24-25(33(36,37)38)12-6-13-26(24)35)32-43(31(46)29(19)21-10-5-11-22(16-21)47-34(39,40)41)27(18-48-32)30(20-8-3-2-4-9-20)42-15-7-14-28(44)45/h2-6,8-13,16,27,30,42H,7,14-15,17-18H2,1H3,(H,44,45). The van der Waals surface area contributed by atoms with Crippen molar-refractivity contribution in [2.45, 2.75) is 55.8 Å². The third kappa shape index (κ3) is 7.70. The predicted molar refractivity (Wildman–Crippen MR) is 166 cm³/mol. The van der Waals surface area contributed by atoms with E-state index >= 15 is 4.39 Å². The molecule has 2 N–H and O–H groups in total. The molecule has 1 aliphatic heterocycles. The lowest BCUT2D eigenvalue weighted by Gasteiger charge is -2.28. The Morgan fingerprint density at radius 2 is 1.73 bits per heavy atom. The minimum absolute atomic E-state index is 0.0294. The van der Waals surface area contributed by atoms with E-state index in [1.807, 2.05) is 12.1 Å². The summed E-state index contributed by atoms with van der Waals surface area (Å²) in [5, 5.41) is 12.7. The smallest absolute Gasteiger partial charge is 0.481 e. The van der Waals surface area contributed by atoms with Crippen LogP contribution in [0.25, 0.3) is 11.1 Å². The Kier molecular flexibility index (Phi) is 10.2. The Balaban J connectivity index is 1.72. The number of pyridine rings is 1. The summed E-state index contributed by atoms with van der Waals surface area (Å²) in [4.78, 5) is 25.6. The van der Waals surface area contributed by atoms with Gasteiger partial charge in [-0.1, -0.05) is 48.5 Å². The molecule has 3 aromatic carbocycles. The number of carboxylic acid groups (broad SMARTS) is 1. The molecule has 6 nitrogen and oxygen atoms in total. The van der Waals surface area contributed by atoms with Gasteiger partial charge in [-0.05, 0) is 66.4 Å². The summed E-state index contributed by atoms with van der Waals surface area (Å²) in [5.41, 5.74) is -1.32. The van der Waals surface area contributed by atoms with Crippen molar-refractivity contribution < 1.29 is 45.4 Å². The summed E-state index contributed by atoms with van der Waals surface area (Å²) in [5.74, 6) is -2.43. The fraction of sp³-hybridized carbons (Fsp3) is 0.294. The van der Waals surface area contributed by atoms with Gasteiger partial charge in [0.15, 0.2) is 0 Å². The number of alkyl halides is 6. The summed E-state index contributed by atoms with van der Waals surface area (Å²) >= 11 is 1.20. The number of thioether (sulfide) groups is 1. The number of rotatable bonds is 11. The van der Waals surface area contributed by atoms with Crippen LogP contribution in [0.3, 0.4) is 0 Å². The van der Waals surface area contributed by atoms with Gasteiger partial charge in [0.05, 0.1) is 28.2 Å². The molecule has 0 aliphatic carbocycles. The first-order chi connectivity index (χ1) is 22.7. The SMILES string of the molecule is Cc1c(Cc2c(F)cccc2C(F)(F)F)c2n(c(=O)c1-c1cccc(OC(F)(F)F)c1)C(C(NCCCC(=O)O)c1ccccc1)CS2. The van der Waals surface area contributed by atoms with Crippen LogP contribution in [0.1, 0.15) is 52.7 Å². The van der Waals surface area contributed by atoms with Crippen LogP contribution in [0.4, 0.5) is 30.7 Å². The van der Waals surface area contributed by atoms with E-state index in [0.29, 0.717) is 5.03 Å². The largest absolute Gasteiger partial charge is 0.573 e. The summed E-state index contributed by atoms with van der Waals surface area (Å²) in [6.45, 7) is 1.73. The van der Waals surface area contributed by atoms with Crippen molar-refractivity contribution in [2.75, 3.05) is 12.3 Å². The van der Waals surface area contributed by atoms with Crippen molar-refractivity contribution in [3.63, 3.8) is 0 Å². The molecule has 48 heavy (non-hydrogen) atoms. The molecule has 2 unspecified atom stereocenters. The molecule has 4 aromatic rings. The molecule has 2 heterocycles. The zero-order chi connectivity index (χ0) is 34.8. The quantitative estimate of drug-likeness (QED) is 0.122. The van der Waals surface area contributed by atoms with Gasteiger partial charge in [-0.15, -0.1) is 24.9 Å². The number of nitrogens with one attached hydrogen (secondary N) is 1. The fourth-order valence-corrected chi connectivity index (χ4v) is 7.41. The molecule has 0 spiro atoms. The number of ether oxygens (including phenoxy) is 1. The molecule has 0 saturated carbocycles. The molecule has 254 valence electrons. The van der Waals surface area contributed by atoms with E-state index in [-0.39, 0.29) is 47.4 Å². The van der Waals surface area contributed by atoms with E-state index in [1.165, 1.54) is 35.4 Å². The van der Waals surface area contributed by atoms with Crippen molar-refractivity contribution >= 4 is 17.7 Å². The molecular formula is C34H29F7N2O4S. The Labute approximate surface area is 274 Å². The second kappa shape index (κ2) is 14.0. The summed E-state index contributed by atoms with van der Waals surface area (Å²) in [6, 6.07) is 15.1. The number of fused-ring (bicyclic) bond motifs is 1. The van der Waals surface area contributed by atoms with E-state index in [2.05, 4.69) is 10.1 Å². The lowest BCUT2D eigenvalue weighted by atomic mass is 9.92. The van der Waals surface area contributed by atoms with Gasteiger partial charge in [-0.2, -0.15) is 13.2 Å². The highest BCUT2D eigenvalue weighted by Gasteiger charge is 2.39. The third-order valence-corrected chi connectivity index (χ3v) is 9.29. The summed E-state index contributed by atoms with van der Waals surface area (Å²) in [7, 11) is 0. The maximum Gasteiger partial charge on any atom is 0.573 e. The van der Waals surface area contributed by atoms with E-state index in [1.54, 1.807) is 18.2 Å². The first-order valence-electron chi connectivity index (χ1n) is 14.8. The summed E-state index contributed by atoms with van der Waals surface area (Å²) in [6.07, 6.45) is -10.3. The molecule has 14 heteroatoms. The normalized spacial score (nSPS) is 15.3. The van der Waals surface area contributed by atoms with Crippen molar-refractivity contribution in [2.24, 2.45) is 0 Å². The second-order valence-corrected chi connectivity index (χ2v) is 12.2. The van der Waals surface area contributed by atoms with E-state index in [0.717, 1.165) is 35.9 Å². The second-order valence-electron chi connectivity index (χ2n) is 11.2. The van der Waals surface area contributed by atoms with E-state index < -0.39 is 65.3 Å². The van der Waals surface area contributed by atoms with Crippen LogP contribution >= 0.6 is 11.8 Å². The number of carboxylic acids is 1. The maximum atomic E-state index is 15.2. The zero-order valence-corrected chi connectivity index (χ0v) is 26.1. The highest BCUT2D eigenvalue weighted by molar-refractivity contribution is 7.99. The highest BCUT2D eigenvalue weighted by Crippen LogP contribution is 2.45. The number of aromatic nitrogens is 1. The van der Waals surface area contributed by atoms with Gasteiger partial charge in [0.25, 0.3) is 5.56 Å². The van der Waals surface area contributed by atoms with Crippen LogP contribution in [-0.2, 0) is 17.4 Å². The lowest BCUT2D eigenvalue weighted by Crippen LogP contribution is -2.36. The number of hydrogen-bond acceptors (Lipinski definition) is 5. The Morgan fingerprint density at radius 1 is 1.02 bits per heavy atom. The first kappa shape index (κ1) is 35.0. The van der Waals surface area contributed by atoms with Gasteiger partial charge in [0, 0.05) is 24.2 Å². The molecule has 0 fully saturated rings. The van der Waals surface area contributed by atoms with Gasteiger partial charge in [0.1, 0.15) is 11.6 Å². The fourth-order valence-electron chi connectivity index (χ4n) is 5.98. The van der Waals surface area contributed by atoms with Crippen LogP contribution < -0.4 is 15.6 Å². The van der Waals surface area contributed by atoms with Gasteiger partial charge >= 0.3 is 18.5 Å². The van der Waals surface area contributed by atoms with Crippen molar-refractivity contribution in [1.29, 1.82) is 0 Å². The average molecular weight is 695 g/mol. The van der Waals surface area contributed by atoms with Crippen LogP contribution in [0.5, 0.6) is 5.75 Å². The van der Waals surface area contributed by atoms with Crippen molar-refractivity contribution in [3.8, 4) is 16.9 Å². The molecule has 1 aromatic heterocycles. The van der Waals surface area contributed by atoms with Gasteiger partial charge in [-0.3, -0.25) is 14.2 Å². The average Bonchev–Trinajstić information content (AvgIpc) is 3.44. The topological polar surface area (TPSA) is 80.6 Å². The Morgan fingerprint density at radius 3 is 2.40 bits per heavy atom. The molecule has 0 saturated heterocycles. The number of halogens is 7. The van der Waals surface area contributed by atoms with E-state index in [4.69, 9.17) is 5.11 Å². The number of aliphatic carboxylic acids is 1. The monoisotopic (exact) mass is 694 g/mol. The number of hydrogen-bond donors (Lipinski definition) is 2. The van der Waals surface area contributed by atoms with Crippen molar-refractivity contribution in [3.05, 3.63) is 117 Å². The Hall–Kier alpha value is -4.30. The van der Waals surface area contributed by atoms with Gasteiger partial charge in [-0.25, -0.2) is 4.39 Å². The van der Waals surface area contributed by atoms with Crippen LogP contribution in [0, 0.1) is 12.7 Å². The lowest BCUT2D eigenvalue weighted by molar-refractivity contribution is -0.274. The highest BCUT2D eigenvalue weighted by atomic mass is 32.2. The van der Waals surface area contributed by atoms with Crippen molar-refractivity contribution in [1.82, 2.24) is 9.88 Å². The Bertz CT molecular complexity index is 1860. The number of benzene rings is 3. The molecule has 0 radical (unpaired) electrons. The molecule has 5 rings (SSSR count). The van der Waals surface area contributed by atoms with Crippen LogP contribution in [0.2, 0.25) is 0 Å². The van der Waals surface area contributed by atoms with Crippen LogP contribution in [-0.4, -0.2) is 34.3 Å². The number of nitrogens with zero attached hydrogens (tertiary/aromatic N) is 1. The van der Waals surface area contributed by atoms with Gasteiger partial charge in [0.2, 0.25) is 0 Å². The summed E-state index contributed by atoms with van der Waals surface area (Å²) < 4.78 is 102. The molecule has 2 atom stereocenters. The minimum atomic E-state index is -5.03. The molecule has 0 bridgehead atoms. The third-order valence-electron chi connectivity index (χ3n) is 8.07. The molecular weight excluding hydrogens is 665 g/mol. The van der Waals surface area contributed by atoms with E-state index in [9.17, 15) is 35.9 Å². The van der Waals surface area contributed by atoms with Crippen LogP contribution in [0.15, 0.2) is 82.6 Å². The number of carbonyl (C=O) groups is 1. The molecule has 1 aliphatic rings. The first-order valence-corrected chi connectivity index (χ1v) is 15.8. The maximum absolute atomic E-state index is 15.2.